The number of carbonyl (C=O) groups is 1. The monoisotopic (exact) mass is 247 g/mol. The van der Waals surface area contributed by atoms with E-state index in [0.717, 1.165) is 5.39 Å². The summed E-state index contributed by atoms with van der Waals surface area (Å²) >= 11 is 0. The van der Waals surface area contributed by atoms with Gasteiger partial charge in [0.2, 0.25) is 0 Å². The van der Waals surface area contributed by atoms with Crippen molar-refractivity contribution < 1.29 is 19.4 Å². The number of aliphatic hydroxyl groups is 1. The van der Waals surface area contributed by atoms with Gasteiger partial charge in [-0.2, -0.15) is 0 Å². The lowest BCUT2D eigenvalue weighted by Gasteiger charge is -2.08. The molecule has 5 nitrogen and oxygen atoms in total. The predicted molar refractivity (Wildman–Crippen MR) is 65.6 cm³/mol. The van der Waals surface area contributed by atoms with Crippen molar-refractivity contribution in [3.8, 4) is 5.75 Å². The zero-order chi connectivity index (χ0) is 13.1. The summed E-state index contributed by atoms with van der Waals surface area (Å²) in [6.45, 7) is -0.141. The van der Waals surface area contributed by atoms with Gasteiger partial charge in [-0.15, -0.1) is 0 Å². The van der Waals surface area contributed by atoms with E-state index >= 15 is 0 Å². The summed E-state index contributed by atoms with van der Waals surface area (Å²) < 4.78 is 9.89. The van der Waals surface area contributed by atoms with Crippen LogP contribution in [0.1, 0.15) is 16.1 Å². The number of nitrogens with zero attached hydrogens (tertiary/aromatic N) is 1. The zero-order valence-corrected chi connectivity index (χ0v) is 10.1. The fourth-order valence-electron chi connectivity index (χ4n) is 1.72. The van der Waals surface area contributed by atoms with Crippen LogP contribution in [0.2, 0.25) is 0 Å². The molecule has 5 heteroatoms. The van der Waals surface area contributed by atoms with Crippen molar-refractivity contribution >= 4 is 16.9 Å². The minimum absolute atomic E-state index is 0.141. The first-order valence-corrected chi connectivity index (χ1v) is 5.36. The third kappa shape index (κ3) is 2.12. The quantitative estimate of drug-likeness (QED) is 0.833. The molecule has 0 aliphatic carbocycles. The van der Waals surface area contributed by atoms with Gasteiger partial charge in [0.05, 0.1) is 32.1 Å². The van der Waals surface area contributed by atoms with Crippen LogP contribution in [0.25, 0.3) is 10.9 Å². The molecule has 1 aromatic heterocycles. The van der Waals surface area contributed by atoms with E-state index < -0.39 is 5.97 Å². The lowest BCUT2D eigenvalue weighted by atomic mass is 10.1. The van der Waals surface area contributed by atoms with E-state index in [9.17, 15) is 4.79 Å². The number of ether oxygens (including phenoxy) is 2. The summed E-state index contributed by atoms with van der Waals surface area (Å²) in [5.41, 5.74) is 1.56. The number of fused-ring (bicyclic) bond motifs is 1. The molecule has 1 aromatic carbocycles. The standard InChI is InChI=1S/C13H13NO4/c1-17-11-6-9(13(16)18-2)5-8-3-4-10(7-15)14-12(8)11/h3-6,15H,7H2,1-2H3. The minimum Gasteiger partial charge on any atom is -0.494 e. The maximum atomic E-state index is 11.5. The Balaban J connectivity index is 2.66. The molecule has 1 N–H and O–H groups in total. The second kappa shape index (κ2) is 5.01. The van der Waals surface area contributed by atoms with Crippen LogP contribution in [0.15, 0.2) is 24.3 Å². The molecular formula is C13H13NO4. The highest BCUT2D eigenvalue weighted by Crippen LogP contribution is 2.26. The molecule has 0 atom stereocenters. The van der Waals surface area contributed by atoms with Gasteiger partial charge in [-0.1, -0.05) is 6.07 Å². The first-order valence-electron chi connectivity index (χ1n) is 5.36. The van der Waals surface area contributed by atoms with Crippen molar-refractivity contribution in [1.82, 2.24) is 4.98 Å². The molecule has 0 bridgehead atoms. The Kier molecular flexibility index (Phi) is 3.43. The predicted octanol–water partition coefficient (Wildman–Crippen LogP) is 1.52. The summed E-state index contributed by atoms with van der Waals surface area (Å²) in [4.78, 5) is 15.8. The highest BCUT2D eigenvalue weighted by Gasteiger charge is 2.12. The Hall–Kier alpha value is -2.14. The fourth-order valence-corrected chi connectivity index (χ4v) is 1.72. The largest absolute Gasteiger partial charge is 0.494 e. The zero-order valence-electron chi connectivity index (χ0n) is 10.1. The Morgan fingerprint density at radius 3 is 2.72 bits per heavy atom. The second-order valence-electron chi connectivity index (χ2n) is 3.70. The second-order valence-corrected chi connectivity index (χ2v) is 3.70. The van der Waals surface area contributed by atoms with E-state index in [2.05, 4.69) is 9.72 Å². The number of esters is 1. The molecule has 94 valence electrons. The van der Waals surface area contributed by atoms with Gasteiger partial charge in [-0.05, 0) is 18.2 Å². The fraction of sp³-hybridized carbons (Fsp3) is 0.231. The van der Waals surface area contributed by atoms with Crippen LogP contribution in [0, 0.1) is 0 Å². The van der Waals surface area contributed by atoms with Crippen molar-refractivity contribution in [2.45, 2.75) is 6.61 Å². The smallest absolute Gasteiger partial charge is 0.338 e. The van der Waals surface area contributed by atoms with E-state index in [1.54, 1.807) is 24.3 Å². The van der Waals surface area contributed by atoms with Crippen molar-refractivity contribution in [3.05, 3.63) is 35.5 Å². The number of rotatable bonds is 3. The van der Waals surface area contributed by atoms with E-state index in [1.807, 2.05) is 0 Å². The summed E-state index contributed by atoms with van der Waals surface area (Å²) in [5.74, 6) is 0.0460. The number of hydrogen-bond donors (Lipinski definition) is 1. The van der Waals surface area contributed by atoms with Gasteiger partial charge in [0.1, 0.15) is 11.3 Å². The molecular weight excluding hydrogens is 234 g/mol. The highest BCUT2D eigenvalue weighted by molar-refractivity contribution is 5.97. The van der Waals surface area contributed by atoms with Crippen molar-refractivity contribution in [3.63, 3.8) is 0 Å². The molecule has 2 rings (SSSR count). The SMILES string of the molecule is COC(=O)c1cc(OC)c2nc(CO)ccc2c1. The molecule has 0 fully saturated rings. The third-order valence-corrected chi connectivity index (χ3v) is 2.62. The number of carbonyl (C=O) groups excluding carboxylic acids is 1. The number of aromatic nitrogens is 1. The van der Waals surface area contributed by atoms with Gasteiger partial charge in [0.15, 0.2) is 0 Å². The molecule has 18 heavy (non-hydrogen) atoms. The van der Waals surface area contributed by atoms with Gasteiger partial charge in [-0.3, -0.25) is 0 Å². The van der Waals surface area contributed by atoms with Crippen LogP contribution in [0.5, 0.6) is 5.75 Å². The first kappa shape index (κ1) is 12.3. The number of methoxy groups -OCH3 is 2. The maximum Gasteiger partial charge on any atom is 0.338 e. The minimum atomic E-state index is -0.429. The molecule has 0 aliphatic rings. The molecule has 0 unspecified atom stereocenters. The average molecular weight is 247 g/mol. The van der Waals surface area contributed by atoms with Crippen LogP contribution in [-0.4, -0.2) is 30.3 Å². The van der Waals surface area contributed by atoms with E-state index in [1.165, 1.54) is 14.2 Å². The summed E-state index contributed by atoms with van der Waals surface area (Å²) in [5, 5.41) is 9.82. The molecule has 2 aromatic rings. The van der Waals surface area contributed by atoms with E-state index in [4.69, 9.17) is 9.84 Å². The van der Waals surface area contributed by atoms with Crippen LogP contribution < -0.4 is 4.74 Å². The van der Waals surface area contributed by atoms with Gasteiger partial charge >= 0.3 is 5.97 Å². The molecule has 1 heterocycles. The normalized spacial score (nSPS) is 10.4. The lowest BCUT2D eigenvalue weighted by molar-refractivity contribution is 0.0600. The van der Waals surface area contributed by atoms with Gasteiger partial charge in [0, 0.05) is 5.39 Å². The van der Waals surface area contributed by atoms with E-state index in [-0.39, 0.29) is 6.61 Å². The number of benzene rings is 1. The van der Waals surface area contributed by atoms with E-state index in [0.29, 0.717) is 22.5 Å². The highest BCUT2D eigenvalue weighted by atomic mass is 16.5. The Morgan fingerprint density at radius 1 is 1.33 bits per heavy atom. The Bertz CT molecular complexity index is 595. The summed E-state index contributed by atoms with van der Waals surface area (Å²) in [6, 6.07) is 6.73. The Labute approximate surface area is 104 Å². The van der Waals surface area contributed by atoms with Crippen LogP contribution in [-0.2, 0) is 11.3 Å². The molecule has 0 saturated carbocycles. The van der Waals surface area contributed by atoms with Crippen molar-refractivity contribution in [1.29, 1.82) is 0 Å². The number of aliphatic hydroxyl groups excluding tert-OH is 1. The lowest BCUT2D eigenvalue weighted by Crippen LogP contribution is -2.02. The number of pyridine rings is 1. The molecule has 0 radical (unpaired) electrons. The van der Waals surface area contributed by atoms with Gasteiger partial charge < -0.3 is 14.6 Å². The molecule has 0 spiro atoms. The van der Waals surface area contributed by atoms with Crippen molar-refractivity contribution in [2.75, 3.05) is 14.2 Å². The van der Waals surface area contributed by atoms with Gasteiger partial charge in [-0.25, -0.2) is 9.78 Å². The topological polar surface area (TPSA) is 68.7 Å². The molecule has 0 saturated heterocycles. The van der Waals surface area contributed by atoms with Gasteiger partial charge in [0.25, 0.3) is 0 Å². The molecule has 0 amide bonds. The average Bonchev–Trinajstić information content (AvgIpc) is 2.44. The van der Waals surface area contributed by atoms with Crippen LogP contribution in [0.4, 0.5) is 0 Å². The third-order valence-electron chi connectivity index (χ3n) is 2.62. The Morgan fingerprint density at radius 2 is 2.11 bits per heavy atom. The van der Waals surface area contributed by atoms with Crippen LogP contribution >= 0.6 is 0 Å². The first-order chi connectivity index (χ1) is 8.69. The maximum absolute atomic E-state index is 11.5. The number of hydrogen-bond acceptors (Lipinski definition) is 5. The van der Waals surface area contributed by atoms with Crippen LogP contribution in [0.3, 0.4) is 0 Å². The summed E-state index contributed by atoms with van der Waals surface area (Å²) in [6.07, 6.45) is 0. The van der Waals surface area contributed by atoms with Crippen molar-refractivity contribution in [2.24, 2.45) is 0 Å². The molecule has 0 aliphatic heterocycles. The summed E-state index contributed by atoms with van der Waals surface area (Å²) in [7, 11) is 2.83.